The third-order valence-corrected chi connectivity index (χ3v) is 2.93. The zero-order chi connectivity index (χ0) is 14.5. The molecule has 0 spiro atoms. The molecule has 0 aliphatic heterocycles. The number of esters is 1. The summed E-state index contributed by atoms with van der Waals surface area (Å²) in [6.45, 7) is 3.38. The van der Waals surface area contributed by atoms with Crippen LogP contribution in [0.15, 0.2) is 30.6 Å². The van der Waals surface area contributed by atoms with E-state index in [1.165, 1.54) is 7.11 Å². The van der Waals surface area contributed by atoms with Gasteiger partial charge >= 0.3 is 5.97 Å². The molecule has 6 heteroatoms. The van der Waals surface area contributed by atoms with Crippen LogP contribution in [0, 0.1) is 6.92 Å². The number of para-hydroxylation sites is 1. The number of anilines is 2. The fraction of sp³-hybridized carbons (Fsp3) is 0.286. The van der Waals surface area contributed by atoms with Crippen LogP contribution >= 0.6 is 0 Å². The highest BCUT2D eigenvalue weighted by atomic mass is 16.5. The molecule has 0 fully saturated rings. The molecule has 0 bridgehead atoms. The van der Waals surface area contributed by atoms with Gasteiger partial charge in [0.1, 0.15) is 0 Å². The van der Waals surface area contributed by atoms with Crippen molar-refractivity contribution in [3.05, 3.63) is 41.7 Å². The van der Waals surface area contributed by atoms with Crippen molar-refractivity contribution in [3.8, 4) is 0 Å². The van der Waals surface area contributed by atoms with Gasteiger partial charge in [0.2, 0.25) is 0 Å². The Hall–Kier alpha value is -2.50. The molecule has 0 radical (unpaired) electrons. The van der Waals surface area contributed by atoms with Crippen molar-refractivity contribution in [2.24, 2.45) is 0 Å². The molecule has 6 nitrogen and oxygen atoms in total. The van der Waals surface area contributed by atoms with E-state index >= 15 is 0 Å². The van der Waals surface area contributed by atoms with E-state index < -0.39 is 5.97 Å². The second kappa shape index (κ2) is 6.10. The topological polar surface area (TPSA) is 82.2 Å². The van der Waals surface area contributed by atoms with Crippen LogP contribution < -0.4 is 11.1 Å². The van der Waals surface area contributed by atoms with Crippen molar-refractivity contribution in [1.29, 1.82) is 0 Å². The van der Waals surface area contributed by atoms with Gasteiger partial charge in [-0.25, -0.2) is 4.79 Å². The van der Waals surface area contributed by atoms with Gasteiger partial charge in [0.05, 0.1) is 36.8 Å². The molecule has 0 saturated heterocycles. The summed E-state index contributed by atoms with van der Waals surface area (Å²) in [5, 5.41) is 7.40. The first kappa shape index (κ1) is 13.9. The number of nitrogens with one attached hydrogen (secondary N) is 1. The highest BCUT2D eigenvalue weighted by Gasteiger charge is 2.12. The van der Waals surface area contributed by atoms with Crippen LogP contribution in [0.3, 0.4) is 0 Å². The van der Waals surface area contributed by atoms with Crippen molar-refractivity contribution in [3.63, 3.8) is 0 Å². The maximum atomic E-state index is 11.5. The van der Waals surface area contributed by atoms with Gasteiger partial charge in [-0.05, 0) is 24.6 Å². The summed E-state index contributed by atoms with van der Waals surface area (Å²) in [6.07, 6.45) is 3.78. The van der Waals surface area contributed by atoms with E-state index in [1.807, 2.05) is 30.1 Å². The number of nitrogen functional groups attached to an aromatic ring is 1. The number of hydrogen-bond donors (Lipinski definition) is 2. The lowest BCUT2D eigenvalue weighted by molar-refractivity contribution is 0.0602. The molecule has 2 rings (SSSR count). The van der Waals surface area contributed by atoms with Gasteiger partial charge in [-0.15, -0.1) is 0 Å². The van der Waals surface area contributed by atoms with E-state index in [4.69, 9.17) is 5.73 Å². The first-order valence-electron chi connectivity index (χ1n) is 6.31. The fourth-order valence-electron chi connectivity index (χ4n) is 1.90. The van der Waals surface area contributed by atoms with E-state index in [0.717, 1.165) is 17.8 Å². The summed E-state index contributed by atoms with van der Waals surface area (Å²) in [6, 6.07) is 5.24. The molecule has 20 heavy (non-hydrogen) atoms. The number of aryl methyl sites for hydroxylation is 1. The number of carbonyl (C=O) groups excluding carboxylic acids is 1. The van der Waals surface area contributed by atoms with Crippen LogP contribution in [-0.4, -0.2) is 29.4 Å². The van der Waals surface area contributed by atoms with Gasteiger partial charge in [0.25, 0.3) is 0 Å². The van der Waals surface area contributed by atoms with Gasteiger partial charge in [0, 0.05) is 12.7 Å². The predicted molar refractivity (Wildman–Crippen MR) is 77.6 cm³/mol. The molecular weight excluding hydrogens is 256 g/mol. The summed E-state index contributed by atoms with van der Waals surface area (Å²) < 4.78 is 6.54. The average molecular weight is 274 g/mol. The minimum atomic E-state index is -0.436. The van der Waals surface area contributed by atoms with Crippen LogP contribution in [0.4, 0.5) is 11.4 Å². The molecule has 0 saturated carbocycles. The molecule has 106 valence electrons. The lowest BCUT2D eigenvalue weighted by Gasteiger charge is -2.12. The molecule has 0 amide bonds. The number of hydrogen-bond acceptors (Lipinski definition) is 5. The Morgan fingerprint density at radius 1 is 1.50 bits per heavy atom. The second-order valence-corrected chi connectivity index (χ2v) is 4.47. The van der Waals surface area contributed by atoms with Gasteiger partial charge in [-0.1, -0.05) is 6.07 Å². The Kier molecular flexibility index (Phi) is 4.24. The van der Waals surface area contributed by atoms with E-state index in [-0.39, 0.29) is 0 Å². The summed E-state index contributed by atoms with van der Waals surface area (Å²) in [5.41, 5.74) is 8.57. The summed E-state index contributed by atoms with van der Waals surface area (Å²) in [5.74, 6) is -0.436. The Balaban J connectivity index is 2.01. The van der Waals surface area contributed by atoms with Crippen molar-refractivity contribution in [2.45, 2.75) is 13.5 Å². The van der Waals surface area contributed by atoms with E-state index in [1.54, 1.807) is 12.1 Å². The Labute approximate surface area is 117 Å². The minimum Gasteiger partial charge on any atom is -0.465 e. The summed E-state index contributed by atoms with van der Waals surface area (Å²) in [4.78, 5) is 11.5. The average Bonchev–Trinajstić information content (AvgIpc) is 2.85. The summed E-state index contributed by atoms with van der Waals surface area (Å²) in [7, 11) is 1.34. The molecule has 0 unspecified atom stereocenters. The molecule has 1 aromatic carbocycles. The molecule has 0 aliphatic rings. The van der Waals surface area contributed by atoms with E-state index in [0.29, 0.717) is 17.8 Å². The van der Waals surface area contributed by atoms with Crippen LogP contribution in [0.1, 0.15) is 15.9 Å². The second-order valence-electron chi connectivity index (χ2n) is 4.47. The standard InChI is InChI=1S/C14H18N4O2/c1-10-8-17-18(9-10)7-6-16-12-5-3-4-11(13(12)15)14(19)20-2/h3-5,8-9,16H,6-7,15H2,1-2H3. The normalized spacial score (nSPS) is 10.3. The molecule has 3 N–H and O–H groups in total. The van der Waals surface area contributed by atoms with Crippen molar-refractivity contribution < 1.29 is 9.53 Å². The summed E-state index contributed by atoms with van der Waals surface area (Å²) >= 11 is 0. The monoisotopic (exact) mass is 274 g/mol. The lowest BCUT2D eigenvalue weighted by atomic mass is 10.1. The number of benzene rings is 1. The minimum absolute atomic E-state index is 0.368. The first-order valence-corrected chi connectivity index (χ1v) is 6.31. The number of aromatic nitrogens is 2. The Bertz CT molecular complexity index is 607. The van der Waals surface area contributed by atoms with Gasteiger partial charge in [0.15, 0.2) is 0 Å². The fourth-order valence-corrected chi connectivity index (χ4v) is 1.90. The van der Waals surface area contributed by atoms with Crippen molar-refractivity contribution in [2.75, 3.05) is 24.7 Å². The predicted octanol–water partition coefficient (Wildman–Crippen LogP) is 1.67. The maximum absolute atomic E-state index is 11.5. The third kappa shape index (κ3) is 3.09. The number of rotatable bonds is 5. The van der Waals surface area contributed by atoms with Crippen molar-refractivity contribution in [1.82, 2.24) is 9.78 Å². The van der Waals surface area contributed by atoms with Gasteiger partial charge < -0.3 is 15.8 Å². The van der Waals surface area contributed by atoms with Crippen LogP contribution in [-0.2, 0) is 11.3 Å². The number of nitrogens with two attached hydrogens (primary N) is 1. The highest BCUT2D eigenvalue weighted by Crippen LogP contribution is 2.23. The molecular formula is C14H18N4O2. The zero-order valence-corrected chi connectivity index (χ0v) is 11.6. The molecule has 0 atom stereocenters. The molecule has 1 heterocycles. The largest absolute Gasteiger partial charge is 0.465 e. The van der Waals surface area contributed by atoms with E-state index in [9.17, 15) is 4.79 Å². The SMILES string of the molecule is COC(=O)c1cccc(NCCn2cc(C)cn2)c1N. The quantitative estimate of drug-likeness (QED) is 0.640. The first-order chi connectivity index (χ1) is 9.61. The van der Waals surface area contributed by atoms with Crippen LogP contribution in [0.2, 0.25) is 0 Å². The highest BCUT2D eigenvalue weighted by molar-refractivity contribution is 5.98. The maximum Gasteiger partial charge on any atom is 0.340 e. The Morgan fingerprint density at radius 3 is 2.95 bits per heavy atom. The number of nitrogens with zero attached hydrogens (tertiary/aromatic N) is 2. The third-order valence-electron chi connectivity index (χ3n) is 2.93. The van der Waals surface area contributed by atoms with Gasteiger partial charge in [-0.3, -0.25) is 4.68 Å². The number of ether oxygens (including phenoxy) is 1. The van der Waals surface area contributed by atoms with Crippen LogP contribution in [0.25, 0.3) is 0 Å². The Morgan fingerprint density at radius 2 is 2.30 bits per heavy atom. The number of carbonyl (C=O) groups is 1. The number of methoxy groups -OCH3 is 1. The molecule has 2 aromatic rings. The van der Waals surface area contributed by atoms with Gasteiger partial charge in [-0.2, -0.15) is 5.10 Å². The van der Waals surface area contributed by atoms with Crippen LogP contribution in [0.5, 0.6) is 0 Å². The molecule has 1 aromatic heterocycles. The lowest BCUT2D eigenvalue weighted by Crippen LogP contribution is -2.13. The smallest absolute Gasteiger partial charge is 0.340 e. The van der Waals surface area contributed by atoms with E-state index in [2.05, 4.69) is 15.2 Å². The molecule has 0 aliphatic carbocycles. The van der Waals surface area contributed by atoms with Crippen molar-refractivity contribution >= 4 is 17.3 Å². The zero-order valence-electron chi connectivity index (χ0n) is 11.6.